The summed E-state index contributed by atoms with van der Waals surface area (Å²) >= 11 is 0. The molecule has 0 aliphatic carbocycles. The van der Waals surface area contributed by atoms with Crippen LogP contribution < -0.4 is 0 Å². The zero-order chi connectivity index (χ0) is 19.9. The maximum Gasteiger partial charge on any atom is 0.475 e. The first-order chi connectivity index (χ1) is 13.3. The van der Waals surface area contributed by atoms with E-state index in [-0.39, 0.29) is 19.6 Å². The van der Waals surface area contributed by atoms with Gasteiger partial charge < -0.3 is 4.74 Å². The van der Waals surface area contributed by atoms with E-state index < -0.39 is 50.2 Å². The predicted octanol–water partition coefficient (Wildman–Crippen LogP) is 2.76. The van der Waals surface area contributed by atoms with Gasteiger partial charge in [0.2, 0.25) is 11.7 Å². The molecular formula is C18H19FNO7P. The Morgan fingerprint density at radius 2 is 2.07 bits per heavy atom. The Bertz CT molecular complexity index is 888. The number of carbonyl (C=O) groups is 2. The second kappa shape index (κ2) is 7.50. The molecule has 0 bridgehead atoms. The third-order valence-corrected chi connectivity index (χ3v) is 6.35. The number of aryl methyl sites for hydroxylation is 1. The van der Waals surface area contributed by atoms with Crippen molar-refractivity contribution < 1.29 is 36.9 Å². The van der Waals surface area contributed by atoms with Gasteiger partial charge in [0.25, 0.3) is 0 Å². The maximum absolute atomic E-state index is 13.6. The monoisotopic (exact) mass is 411 g/mol. The number of hydrogen-bond acceptors (Lipinski definition) is 7. The second-order valence-corrected chi connectivity index (χ2v) is 8.45. The molecule has 3 heterocycles. The summed E-state index contributed by atoms with van der Waals surface area (Å²) in [4.78, 5) is 24.3. The van der Waals surface area contributed by atoms with E-state index in [1.165, 1.54) is 0 Å². The van der Waals surface area contributed by atoms with Crippen LogP contribution in [0, 0.1) is 6.92 Å². The molecule has 1 aromatic rings. The molecule has 0 unspecified atom stereocenters. The average molecular weight is 411 g/mol. The highest BCUT2D eigenvalue weighted by Gasteiger charge is 2.49. The van der Waals surface area contributed by atoms with Gasteiger partial charge in [0, 0.05) is 12.6 Å². The number of phosphoric acid groups is 1. The first-order valence-electron chi connectivity index (χ1n) is 8.84. The fourth-order valence-corrected chi connectivity index (χ4v) is 4.68. The first-order valence-corrected chi connectivity index (χ1v) is 10.3. The van der Waals surface area contributed by atoms with Gasteiger partial charge in [-0.15, -0.1) is 0 Å². The number of phosphoric ester groups is 1. The van der Waals surface area contributed by atoms with Crippen LogP contribution in [-0.4, -0.2) is 41.6 Å². The molecule has 1 aromatic carbocycles. The molecule has 1 amide bonds. The molecule has 10 heteroatoms. The number of halogens is 1. The number of hydrogen-bond donors (Lipinski definition) is 0. The number of Topliss-reactive ketones (excluding diaryl/α,β-unsaturated/α-hetero) is 1. The van der Waals surface area contributed by atoms with Gasteiger partial charge in [-0.2, -0.15) is 0 Å². The molecule has 0 spiro atoms. The molecule has 0 N–H and O–H groups in total. The highest BCUT2D eigenvalue weighted by Crippen LogP contribution is 2.56. The molecule has 8 nitrogen and oxygen atoms in total. The number of ether oxygens (including phenoxy) is 1. The Kier molecular flexibility index (Phi) is 5.20. The van der Waals surface area contributed by atoms with Gasteiger partial charge in [0.1, 0.15) is 18.4 Å². The minimum atomic E-state index is -3.80. The van der Waals surface area contributed by atoms with Crippen molar-refractivity contribution in [2.75, 3.05) is 6.61 Å². The minimum absolute atomic E-state index is 0.0423. The summed E-state index contributed by atoms with van der Waals surface area (Å²) in [6.07, 6.45) is -1.58. The third kappa shape index (κ3) is 3.81. The predicted molar refractivity (Wildman–Crippen MR) is 93.3 cm³/mol. The second-order valence-electron chi connectivity index (χ2n) is 6.83. The number of amides is 1. The molecule has 0 radical (unpaired) electrons. The molecular weight excluding hydrogens is 392 g/mol. The van der Waals surface area contributed by atoms with E-state index in [4.69, 9.17) is 18.3 Å². The Hall–Kier alpha value is -1.90. The first kappa shape index (κ1) is 19.4. The van der Waals surface area contributed by atoms with Crippen LogP contribution in [0.1, 0.15) is 24.0 Å². The number of fused-ring (bicyclic) bond motifs is 1. The summed E-state index contributed by atoms with van der Waals surface area (Å²) in [5.74, 6) is -2.41. The van der Waals surface area contributed by atoms with Crippen LogP contribution in [0.25, 0.3) is 0 Å². The lowest BCUT2D eigenvalue weighted by Crippen LogP contribution is -2.40. The standard InChI is InChI=1S/C18H19FNO7P/c1-11-4-2-3-5-12(11)9-24-28(23)25-10-16-15(27-28)7-18(26-16)20-8-13(19)14(21)6-17(20)22/h2-5,8,15-16,18H,6-7,9-10H2,1H3/t15-,16+,18+,28+/m0/s1. The Labute approximate surface area is 160 Å². The van der Waals surface area contributed by atoms with Crippen LogP contribution in [0.4, 0.5) is 4.39 Å². The van der Waals surface area contributed by atoms with Gasteiger partial charge in [0.05, 0.1) is 19.6 Å². The minimum Gasteiger partial charge on any atom is -0.349 e. The van der Waals surface area contributed by atoms with Crippen molar-refractivity contribution in [3.63, 3.8) is 0 Å². The van der Waals surface area contributed by atoms with Crippen LogP contribution in [0.2, 0.25) is 0 Å². The fraction of sp³-hybridized carbons (Fsp3) is 0.444. The van der Waals surface area contributed by atoms with E-state index in [9.17, 15) is 18.5 Å². The smallest absolute Gasteiger partial charge is 0.349 e. The highest BCUT2D eigenvalue weighted by molar-refractivity contribution is 7.48. The number of allylic oxidation sites excluding steroid dienone is 1. The number of carbonyl (C=O) groups excluding carboxylic acids is 2. The van der Waals surface area contributed by atoms with Crippen LogP contribution >= 0.6 is 7.82 Å². The van der Waals surface area contributed by atoms with Crippen molar-refractivity contribution in [1.29, 1.82) is 0 Å². The van der Waals surface area contributed by atoms with Crippen molar-refractivity contribution in [3.8, 4) is 0 Å². The van der Waals surface area contributed by atoms with E-state index in [1.54, 1.807) is 0 Å². The van der Waals surface area contributed by atoms with E-state index in [2.05, 4.69) is 0 Å². The highest BCUT2D eigenvalue weighted by atomic mass is 31.2. The fourth-order valence-electron chi connectivity index (χ4n) is 3.30. The number of nitrogens with zero attached hydrogens (tertiary/aromatic N) is 1. The SMILES string of the molecule is Cc1ccccc1CO[P@]1(=O)OC[C@H]2O[C@@H](N3C=C(F)C(=O)CC3=O)C[C@@H]2O1. The van der Waals surface area contributed by atoms with Gasteiger partial charge in [0.15, 0.2) is 5.83 Å². The molecule has 0 saturated carbocycles. The largest absolute Gasteiger partial charge is 0.475 e. The number of rotatable bonds is 4. The van der Waals surface area contributed by atoms with Gasteiger partial charge in [-0.25, -0.2) is 8.96 Å². The zero-order valence-corrected chi connectivity index (χ0v) is 16.0. The van der Waals surface area contributed by atoms with Crippen LogP contribution in [0.5, 0.6) is 0 Å². The van der Waals surface area contributed by atoms with E-state index in [1.807, 2.05) is 31.2 Å². The van der Waals surface area contributed by atoms with Crippen molar-refractivity contribution >= 4 is 19.5 Å². The molecule has 3 aliphatic rings. The topological polar surface area (TPSA) is 91.4 Å². The van der Waals surface area contributed by atoms with Gasteiger partial charge in [-0.05, 0) is 18.1 Å². The van der Waals surface area contributed by atoms with Crippen molar-refractivity contribution in [2.45, 2.75) is 44.8 Å². The van der Waals surface area contributed by atoms with Crippen LogP contribution in [0.3, 0.4) is 0 Å². The van der Waals surface area contributed by atoms with Gasteiger partial charge >= 0.3 is 7.82 Å². The van der Waals surface area contributed by atoms with Crippen molar-refractivity contribution in [1.82, 2.24) is 4.90 Å². The Morgan fingerprint density at radius 3 is 2.86 bits per heavy atom. The summed E-state index contributed by atoms with van der Waals surface area (Å²) in [6.45, 7) is 1.93. The molecule has 4 atom stereocenters. The van der Waals surface area contributed by atoms with Gasteiger partial charge in [-0.3, -0.25) is 28.1 Å². The molecule has 150 valence electrons. The summed E-state index contributed by atoms with van der Waals surface area (Å²) < 4.78 is 48.3. The molecule has 3 aliphatic heterocycles. The summed E-state index contributed by atoms with van der Waals surface area (Å²) in [6, 6.07) is 7.51. The molecule has 4 rings (SSSR count). The van der Waals surface area contributed by atoms with E-state index in [0.717, 1.165) is 22.2 Å². The zero-order valence-electron chi connectivity index (χ0n) is 15.1. The van der Waals surface area contributed by atoms with Crippen LogP contribution in [0.15, 0.2) is 36.3 Å². The lowest BCUT2D eigenvalue weighted by molar-refractivity contribution is -0.146. The summed E-state index contributed by atoms with van der Waals surface area (Å²) in [7, 11) is -3.80. The normalized spacial score (nSPS) is 33.0. The number of benzene rings is 1. The molecule has 2 fully saturated rings. The Balaban J connectivity index is 1.40. The molecule has 0 aromatic heterocycles. The quantitative estimate of drug-likeness (QED) is 0.556. The van der Waals surface area contributed by atoms with Crippen molar-refractivity contribution in [2.24, 2.45) is 0 Å². The van der Waals surface area contributed by atoms with Crippen LogP contribution in [-0.2, 0) is 39.1 Å². The average Bonchev–Trinajstić information content (AvgIpc) is 3.06. The molecule has 2 saturated heterocycles. The van der Waals surface area contributed by atoms with Crippen molar-refractivity contribution in [3.05, 3.63) is 47.4 Å². The lowest BCUT2D eigenvalue weighted by atomic mass is 10.1. The maximum atomic E-state index is 13.6. The summed E-state index contributed by atoms with van der Waals surface area (Å²) in [5, 5.41) is 0. The van der Waals surface area contributed by atoms with Gasteiger partial charge in [-0.1, -0.05) is 24.3 Å². The lowest BCUT2D eigenvalue weighted by Gasteiger charge is -2.30. The van der Waals surface area contributed by atoms with E-state index in [0.29, 0.717) is 0 Å². The molecule has 28 heavy (non-hydrogen) atoms. The van der Waals surface area contributed by atoms with E-state index >= 15 is 0 Å². The summed E-state index contributed by atoms with van der Waals surface area (Å²) in [5.41, 5.74) is 1.84. The third-order valence-electron chi connectivity index (χ3n) is 4.91. The Morgan fingerprint density at radius 1 is 1.29 bits per heavy atom. The number of ketones is 1.